The molecule has 0 saturated carbocycles. The third-order valence-electron chi connectivity index (χ3n) is 6.95. The number of amides is 2. The first-order valence-corrected chi connectivity index (χ1v) is 12.2. The molecule has 35 heavy (non-hydrogen) atoms. The van der Waals surface area contributed by atoms with E-state index < -0.39 is 18.0 Å². The molecule has 0 saturated heterocycles. The number of rotatable bonds is 9. The maximum atomic E-state index is 12.5. The molecule has 0 aliphatic heterocycles. The number of carbonyl (C=O) groups is 3. The number of allylic oxidation sites excluding steroid dienone is 1. The van der Waals surface area contributed by atoms with Crippen molar-refractivity contribution in [1.29, 1.82) is 0 Å². The SMILES string of the molecule is CCC(CNC(=O)OCC1c2ccccc2-c2ccccc21)CC(=O)N[C@@H]1C=CC[C@@H](C(=O)O)C1. The third kappa shape index (κ3) is 5.91. The number of hydrogen-bond donors (Lipinski definition) is 3. The number of alkyl carbamates (subject to hydrolysis) is 1. The van der Waals surface area contributed by atoms with Crippen molar-refractivity contribution in [3.63, 3.8) is 0 Å². The Morgan fingerprint density at radius 2 is 1.71 bits per heavy atom. The van der Waals surface area contributed by atoms with E-state index >= 15 is 0 Å². The van der Waals surface area contributed by atoms with Crippen LogP contribution in [0.2, 0.25) is 0 Å². The van der Waals surface area contributed by atoms with Crippen molar-refractivity contribution in [1.82, 2.24) is 10.6 Å². The second-order valence-corrected chi connectivity index (χ2v) is 9.29. The first-order chi connectivity index (χ1) is 17.0. The molecule has 0 radical (unpaired) electrons. The van der Waals surface area contributed by atoms with E-state index in [1.165, 1.54) is 11.1 Å². The fraction of sp³-hybridized carbons (Fsp3) is 0.393. The molecule has 2 aliphatic rings. The summed E-state index contributed by atoms with van der Waals surface area (Å²) in [4.78, 5) is 36.2. The number of ether oxygens (including phenoxy) is 1. The van der Waals surface area contributed by atoms with Gasteiger partial charge in [-0.1, -0.05) is 74.0 Å². The molecule has 1 unspecified atom stereocenters. The average Bonchev–Trinajstić information content (AvgIpc) is 3.19. The van der Waals surface area contributed by atoms with Crippen molar-refractivity contribution in [2.24, 2.45) is 11.8 Å². The molecule has 2 aliphatic carbocycles. The molecule has 0 aromatic heterocycles. The minimum absolute atomic E-state index is 0.000855. The third-order valence-corrected chi connectivity index (χ3v) is 6.95. The quantitative estimate of drug-likeness (QED) is 0.463. The van der Waals surface area contributed by atoms with Crippen LogP contribution < -0.4 is 10.6 Å². The van der Waals surface area contributed by atoms with Crippen LogP contribution in [0.3, 0.4) is 0 Å². The Labute approximate surface area is 205 Å². The van der Waals surface area contributed by atoms with E-state index in [2.05, 4.69) is 34.9 Å². The number of nitrogens with one attached hydrogen (secondary N) is 2. The first kappa shape index (κ1) is 24.5. The highest BCUT2D eigenvalue weighted by Crippen LogP contribution is 2.44. The number of carboxylic acids is 1. The smallest absolute Gasteiger partial charge is 0.407 e. The standard InChI is InChI=1S/C28H32N2O5/c1-2-18(14-26(31)30-20-9-7-8-19(15-20)27(32)33)16-29-28(34)35-17-25-23-12-5-3-10-21(23)22-11-4-6-13-24(22)25/h3-7,9-13,18-20,25H,2,8,14-17H2,1H3,(H,29,34)(H,30,31)(H,32,33)/t18?,19-,20-/m1/s1. The Kier molecular flexibility index (Phi) is 7.85. The Hall–Kier alpha value is -3.61. The molecular weight excluding hydrogens is 444 g/mol. The maximum absolute atomic E-state index is 12.5. The summed E-state index contributed by atoms with van der Waals surface area (Å²) < 4.78 is 5.58. The number of carboxylic acid groups (broad SMARTS) is 1. The van der Waals surface area contributed by atoms with Crippen LogP contribution in [-0.4, -0.2) is 42.3 Å². The van der Waals surface area contributed by atoms with Gasteiger partial charge in [0.1, 0.15) is 6.61 Å². The lowest BCUT2D eigenvalue weighted by Crippen LogP contribution is -2.39. The minimum atomic E-state index is -0.840. The highest BCUT2D eigenvalue weighted by Gasteiger charge is 2.29. The van der Waals surface area contributed by atoms with Crippen LogP contribution in [0.25, 0.3) is 11.1 Å². The Morgan fingerprint density at radius 1 is 1.06 bits per heavy atom. The zero-order chi connectivity index (χ0) is 24.8. The molecule has 3 atom stereocenters. The van der Waals surface area contributed by atoms with E-state index in [9.17, 15) is 19.5 Å². The second kappa shape index (κ2) is 11.2. The molecule has 2 aromatic carbocycles. The fourth-order valence-corrected chi connectivity index (χ4v) is 4.96. The number of aliphatic carboxylic acids is 1. The predicted octanol–water partition coefficient (Wildman–Crippen LogP) is 4.48. The number of carbonyl (C=O) groups excluding carboxylic acids is 2. The molecular formula is C28H32N2O5. The Morgan fingerprint density at radius 3 is 2.34 bits per heavy atom. The van der Waals surface area contributed by atoms with Gasteiger partial charge in [0.2, 0.25) is 5.91 Å². The van der Waals surface area contributed by atoms with E-state index in [-0.39, 0.29) is 36.8 Å². The van der Waals surface area contributed by atoms with Crippen molar-refractivity contribution in [2.45, 2.75) is 44.6 Å². The maximum Gasteiger partial charge on any atom is 0.407 e. The lowest BCUT2D eigenvalue weighted by molar-refractivity contribution is -0.142. The van der Waals surface area contributed by atoms with Gasteiger partial charge in [0.25, 0.3) is 0 Å². The second-order valence-electron chi connectivity index (χ2n) is 9.29. The molecule has 7 nitrogen and oxygen atoms in total. The van der Waals surface area contributed by atoms with Crippen LogP contribution in [0.15, 0.2) is 60.7 Å². The van der Waals surface area contributed by atoms with Gasteiger partial charge in [0.05, 0.1) is 5.92 Å². The van der Waals surface area contributed by atoms with Crippen LogP contribution in [0.5, 0.6) is 0 Å². The molecule has 3 N–H and O–H groups in total. The predicted molar refractivity (Wildman–Crippen MR) is 133 cm³/mol. The summed E-state index contributed by atoms with van der Waals surface area (Å²) in [6.07, 6.45) is 5.02. The topological polar surface area (TPSA) is 105 Å². The zero-order valence-electron chi connectivity index (χ0n) is 19.9. The van der Waals surface area contributed by atoms with Crippen molar-refractivity contribution in [3.8, 4) is 11.1 Å². The van der Waals surface area contributed by atoms with Crippen molar-refractivity contribution < 1.29 is 24.2 Å². The highest BCUT2D eigenvalue weighted by atomic mass is 16.5. The van der Waals surface area contributed by atoms with E-state index in [1.54, 1.807) is 0 Å². The monoisotopic (exact) mass is 476 g/mol. The summed E-state index contributed by atoms with van der Waals surface area (Å²) in [5.74, 6) is -1.50. The van der Waals surface area contributed by atoms with E-state index in [1.807, 2.05) is 43.3 Å². The van der Waals surface area contributed by atoms with Gasteiger partial charge in [0.15, 0.2) is 0 Å². The van der Waals surface area contributed by atoms with Gasteiger partial charge in [-0.25, -0.2) is 4.79 Å². The van der Waals surface area contributed by atoms with E-state index in [0.29, 0.717) is 19.4 Å². The zero-order valence-corrected chi connectivity index (χ0v) is 19.9. The number of fused-ring (bicyclic) bond motifs is 3. The lowest BCUT2D eigenvalue weighted by Gasteiger charge is -2.24. The van der Waals surface area contributed by atoms with Crippen LogP contribution in [0, 0.1) is 11.8 Å². The molecule has 2 amide bonds. The minimum Gasteiger partial charge on any atom is -0.481 e. The molecule has 0 fully saturated rings. The summed E-state index contributed by atoms with van der Waals surface area (Å²) in [5, 5.41) is 14.9. The average molecular weight is 477 g/mol. The molecule has 0 bridgehead atoms. The summed E-state index contributed by atoms with van der Waals surface area (Å²) in [6.45, 7) is 2.55. The Bertz CT molecular complexity index is 1070. The molecule has 0 heterocycles. The van der Waals surface area contributed by atoms with Crippen molar-refractivity contribution in [3.05, 3.63) is 71.8 Å². The molecule has 2 aromatic rings. The molecule has 0 spiro atoms. The van der Waals surface area contributed by atoms with Crippen LogP contribution in [-0.2, 0) is 14.3 Å². The van der Waals surface area contributed by atoms with Gasteiger partial charge in [-0.05, 0) is 41.0 Å². The van der Waals surface area contributed by atoms with Gasteiger partial charge in [0, 0.05) is 24.9 Å². The summed E-state index contributed by atoms with van der Waals surface area (Å²) in [5.41, 5.74) is 4.67. The van der Waals surface area contributed by atoms with Gasteiger partial charge >= 0.3 is 12.1 Å². The van der Waals surface area contributed by atoms with E-state index in [4.69, 9.17) is 4.74 Å². The molecule has 7 heteroatoms. The van der Waals surface area contributed by atoms with Gasteiger partial charge < -0.3 is 20.5 Å². The molecule has 184 valence electrons. The van der Waals surface area contributed by atoms with Crippen molar-refractivity contribution >= 4 is 18.0 Å². The fourth-order valence-electron chi connectivity index (χ4n) is 4.96. The highest BCUT2D eigenvalue weighted by molar-refractivity contribution is 5.79. The van der Waals surface area contributed by atoms with Crippen LogP contribution in [0.4, 0.5) is 4.79 Å². The van der Waals surface area contributed by atoms with E-state index in [0.717, 1.165) is 17.5 Å². The van der Waals surface area contributed by atoms with Gasteiger partial charge in [-0.3, -0.25) is 9.59 Å². The van der Waals surface area contributed by atoms with Crippen LogP contribution in [0.1, 0.15) is 49.7 Å². The summed E-state index contributed by atoms with van der Waals surface area (Å²) in [6, 6.07) is 16.1. The summed E-state index contributed by atoms with van der Waals surface area (Å²) in [7, 11) is 0. The van der Waals surface area contributed by atoms with Gasteiger partial charge in [-0.15, -0.1) is 0 Å². The Balaban J connectivity index is 1.24. The van der Waals surface area contributed by atoms with Gasteiger partial charge in [-0.2, -0.15) is 0 Å². The lowest BCUT2D eigenvalue weighted by atomic mass is 9.91. The summed E-state index contributed by atoms with van der Waals surface area (Å²) >= 11 is 0. The van der Waals surface area contributed by atoms with Crippen LogP contribution >= 0.6 is 0 Å². The molecule has 4 rings (SSSR count). The normalized spacial score (nSPS) is 19.3. The largest absolute Gasteiger partial charge is 0.481 e. The first-order valence-electron chi connectivity index (χ1n) is 12.2. The number of hydrogen-bond acceptors (Lipinski definition) is 4. The van der Waals surface area contributed by atoms with Crippen molar-refractivity contribution in [2.75, 3.05) is 13.2 Å². The number of benzene rings is 2.